The fourth-order valence-corrected chi connectivity index (χ4v) is 2.41. The van der Waals surface area contributed by atoms with E-state index in [1.807, 2.05) is 14.0 Å². The number of rotatable bonds is 6. The predicted molar refractivity (Wildman–Crippen MR) is 100 cm³/mol. The van der Waals surface area contributed by atoms with E-state index < -0.39 is 0 Å². The van der Waals surface area contributed by atoms with Crippen LogP contribution >= 0.6 is 9.24 Å². The molecule has 1 amide bonds. The molecular formula is C17H21FN5OP. The van der Waals surface area contributed by atoms with Gasteiger partial charge in [0.2, 0.25) is 5.91 Å². The average Bonchev–Trinajstić information content (AvgIpc) is 2.57. The fraction of sp³-hybridized carbons (Fsp3) is 0.294. The number of nitrogens with zero attached hydrogens (tertiary/aromatic N) is 4. The van der Waals surface area contributed by atoms with E-state index in [9.17, 15) is 9.18 Å². The lowest BCUT2D eigenvalue weighted by molar-refractivity contribution is -0.118. The van der Waals surface area contributed by atoms with Gasteiger partial charge >= 0.3 is 0 Å². The molecule has 1 N–H and O–H groups in total. The molecule has 1 aromatic carbocycles. The average molecular weight is 361 g/mol. The third kappa shape index (κ3) is 5.57. The van der Waals surface area contributed by atoms with Gasteiger partial charge in [0.05, 0.1) is 18.0 Å². The molecule has 0 aliphatic carbocycles. The Morgan fingerprint density at radius 1 is 1.36 bits per heavy atom. The Bertz CT molecular complexity index is 796. The first-order valence-electron chi connectivity index (χ1n) is 7.76. The first-order valence-corrected chi connectivity index (χ1v) is 8.34. The SMILES string of the molecule is CC(=O)NCCN(C)/N=C(\C)c1ccnc(-c2ccc(F)c(P)c2)n1. The highest BCUT2D eigenvalue weighted by Gasteiger charge is 2.08. The quantitative estimate of drug-likeness (QED) is 0.482. The van der Waals surface area contributed by atoms with Crippen molar-refractivity contribution in [2.75, 3.05) is 20.1 Å². The van der Waals surface area contributed by atoms with E-state index in [0.29, 0.717) is 29.9 Å². The Morgan fingerprint density at radius 2 is 2.12 bits per heavy atom. The van der Waals surface area contributed by atoms with Crippen molar-refractivity contribution in [2.45, 2.75) is 13.8 Å². The van der Waals surface area contributed by atoms with Crippen molar-refractivity contribution in [2.24, 2.45) is 5.10 Å². The Labute approximate surface area is 148 Å². The number of likely N-dealkylation sites (N-methyl/N-ethyl adjacent to an activating group) is 1. The predicted octanol–water partition coefficient (Wildman–Crippen LogP) is 1.57. The smallest absolute Gasteiger partial charge is 0.216 e. The summed E-state index contributed by atoms with van der Waals surface area (Å²) in [5.74, 6) is 0.155. The second-order valence-corrected chi connectivity index (χ2v) is 6.17. The molecule has 1 unspecified atom stereocenters. The maximum absolute atomic E-state index is 13.4. The molecule has 0 saturated heterocycles. The van der Waals surface area contributed by atoms with Crippen molar-refractivity contribution in [3.05, 3.63) is 42.0 Å². The van der Waals surface area contributed by atoms with Crippen LogP contribution in [-0.4, -0.2) is 46.7 Å². The Hall–Kier alpha value is -2.40. The Kier molecular flexibility index (Phi) is 6.53. The summed E-state index contributed by atoms with van der Waals surface area (Å²) in [7, 11) is 4.18. The Balaban J connectivity index is 2.15. The highest BCUT2D eigenvalue weighted by Crippen LogP contribution is 2.15. The summed E-state index contributed by atoms with van der Waals surface area (Å²) in [5, 5.41) is 9.39. The number of amides is 1. The highest BCUT2D eigenvalue weighted by molar-refractivity contribution is 7.27. The minimum atomic E-state index is -0.288. The summed E-state index contributed by atoms with van der Waals surface area (Å²) in [4.78, 5) is 19.6. The lowest BCUT2D eigenvalue weighted by atomic mass is 10.2. The summed E-state index contributed by atoms with van der Waals surface area (Å²) in [5.41, 5.74) is 2.15. The lowest BCUT2D eigenvalue weighted by Gasteiger charge is -2.14. The zero-order valence-corrected chi connectivity index (χ0v) is 15.6. The molecule has 0 spiro atoms. The van der Waals surface area contributed by atoms with Gasteiger partial charge in [0.1, 0.15) is 5.82 Å². The number of carbonyl (C=O) groups excluding carboxylic acids is 1. The van der Waals surface area contributed by atoms with Crippen LogP contribution in [0, 0.1) is 5.82 Å². The molecule has 0 aliphatic rings. The molecule has 2 aromatic rings. The van der Waals surface area contributed by atoms with Crippen LogP contribution in [0.5, 0.6) is 0 Å². The first kappa shape index (κ1) is 18.9. The molecule has 25 heavy (non-hydrogen) atoms. The summed E-state index contributed by atoms with van der Waals surface area (Å²) in [6, 6.07) is 6.50. The number of halogens is 1. The second kappa shape index (κ2) is 8.62. The van der Waals surface area contributed by atoms with Crippen molar-refractivity contribution in [1.29, 1.82) is 0 Å². The highest BCUT2D eigenvalue weighted by atomic mass is 31.0. The van der Waals surface area contributed by atoms with Gasteiger partial charge < -0.3 is 5.32 Å². The van der Waals surface area contributed by atoms with E-state index >= 15 is 0 Å². The molecule has 8 heteroatoms. The number of nitrogens with one attached hydrogen (secondary N) is 1. The summed E-state index contributed by atoms with van der Waals surface area (Å²) in [6.07, 6.45) is 1.65. The van der Waals surface area contributed by atoms with Crippen LogP contribution in [0.15, 0.2) is 35.6 Å². The van der Waals surface area contributed by atoms with Crippen LogP contribution in [0.3, 0.4) is 0 Å². The van der Waals surface area contributed by atoms with Crippen molar-refractivity contribution < 1.29 is 9.18 Å². The van der Waals surface area contributed by atoms with Crippen molar-refractivity contribution in [3.8, 4) is 11.4 Å². The number of hydrogen-bond acceptors (Lipinski definition) is 5. The largest absolute Gasteiger partial charge is 0.355 e. The normalized spacial score (nSPS) is 11.3. The molecule has 0 fully saturated rings. The van der Waals surface area contributed by atoms with Gasteiger partial charge in [-0.1, -0.05) is 0 Å². The van der Waals surface area contributed by atoms with Gasteiger partial charge in [-0.3, -0.25) is 9.80 Å². The molecule has 0 aliphatic heterocycles. The minimum Gasteiger partial charge on any atom is -0.355 e. The van der Waals surface area contributed by atoms with Gasteiger partial charge in [-0.15, -0.1) is 9.24 Å². The molecule has 0 radical (unpaired) electrons. The number of aromatic nitrogens is 2. The number of hydrazone groups is 1. The molecule has 0 saturated carbocycles. The zero-order chi connectivity index (χ0) is 18.4. The third-order valence-electron chi connectivity index (χ3n) is 3.41. The van der Waals surface area contributed by atoms with E-state index in [4.69, 9.17) is 0 Å². The van der Waals surface area contributed by atoms with Crippen LogP contribution in [0.4, 0.5) is 4.39 Å². The van der Waals surface area contributed by atoms with E-state index in [2.05, 4.69) is 29.6 Å². The summed E-state index contributed by atoms with van der Waals surface area (Å²) < 4.78 is 13.4. The van der Waals surface area contributed by atoms with E-state index in [-0.39, 0.29) is 11.7 Å². The molecule has 2 rings (SSSR count). The van der Waals surface area contributed by atoms with E-state index in [1.54, 1.807) is 29.4 Å². The maximum atomic E-state index is 13.4. The standard InChI is InChI=1S/C17H21FN5OP/c1-11(22-23(3)9-8-19-12(2)24)15-6-7-20-17(21-15)13-4-5-14(18)16(25)10-13/h4-7,10H,8-9,25H2,1-3H3,(H,19,24)/b22-11+. The van der Waals surface area contributed by atoms with Gasteiger partial charge in [0.15, 0.2) is 5.82 Å². The Morgan fingerprint density at radius 3 is 2.80 bits per heavy atom. The van der Waals surface area contributed by atoms with Gasteiger partial charge in [-0.05, 0) is 31.2 Å². The molecule has 1 aromatic heterocycles. The van der Waals surface area contributed by atoms with E-state index in [1.165, 1.54) is 13.0 Å². The number of hydrogen-bond donors (Lipinski definition) is 1. The third-order valence-corrected chi connectivity index (χ3v) is 3.85. The topological polar surface area (TPSA) is 70.5 Å². The van der Waals surface area contributed by atoms with Crippen molar-refractivity contribution >= 4 is 26.2 Å². The molecule has 132 valence electrons. The molecule has 0 bridgehead atoms. The van der Waals surface area contributed by atoms with Crippen LogP contribution in [0.1, 0.15) is 19.5 Å². The van der Waals surface area contributed by atoms with E-state index in [0.717, 1.165) is 11.3 Å². The number of carbonyl (C=O) groups is 1. The fourth-order valence-electron chi connectivity index (χ4n) is 2.13. The van der Waals surface area contributed by atoms with Crippen LogP contribution in [0.2, 0.25) is 0 Å². The molecular weight excluding hydrogens is 340 g/mol. The van der Waals surface area contributed by atoms with Crippen molar-refractivity contribution in [3.63, 3.8) is 0 Å². The zero-order valence-electron chi connectivity index (χ0n) is 14.5. The second-order valence-electron chi connectivity index (χ2n) is 5.55. The van der Waals surface area contributed by atoms with Crippen molar-refractivity contribution in [1.82, 2.24) is 20.3 Å². The van der Waals surface area contributed by atoms with Crippen LogP contribution in [0.25, 0.3) is 11.4 Å². The number of benzene rings is 1. The van der Waals surface area contributed by atoms with Gasteiger partial charge in [0, 0.05) is 37.6 Å². The van der Waals surface area contributed by atoms with Gasteiger partial charge in [-0.25, -0.2) is 14.4 Å². The van der Waals surface area contributed by atoms with Crippen LogP contribution < -0.4 is 10.6 Å². The minimum absolute atomic E-state index is 0.0673. The summed E-state index contributed by atoms with van der Waals surface area (Å²) in [6.45, 7) is 4.44. The molecule has 1 heterocycles. The van der Waals surface area contributed by atoms with Gasteiger partial charge in [0.25, 0.3) is 0 Å². The first-order chi connectivity index (χ1) is 11.9. The van der Waals surface area contributed by atoms with Gasteiger partial charge in [-0.2, -0.15) is 5.10 Å². The van der Waals surface area contributed by atoms with Crippen LogP contribution in [-0.2, 0) is 4.79 Å². The summed E-state index contributed by atoms with van der Waals surface area (Å²) >= 11 is 0. The lowest BCUT2D eigenvalue weighted by Crippen LogP contribution is -2.29. The molecule has 1 atom stereocenters. The molecule has 6 nitrogen and oxygen atoms in total. The maximum Gasteiger partial charge on any atom is 0.216 e. The monoisotopic (exact) mass is 361 g/mol.